The van der Waals surface area contributed by atoms with Crippen LogP contribution in [0.2, 0.25) is 0 Å². The molecule has 3 heteroatoms. The number of aromatic nitrogens is 2. The Morgan fingerprint density at radius 3 is 1.93 bits per heavy atom. The highest BCUT2D eigenvalue weighted by molar-refractivity contribution is 7.99. The van der Waals surface area contributed by atoms with Crippen LogP contribution in [0, 0.1) is 0 Å². The third-order valence-electron chi connectivity index (χ3n) is 4.40. The van der Waals surface area contributed by atoms with E-state index >= 15 is 0 Å². The fourth-order valence-corrected chi connectivity index (χ4v) is 4.02. The number of rotatable bonds is 6. The normalized spacial score (nSPS) is 10.8. The van der Waals surface area contributed by atoms with E-state index < -0.39 is 0 Å². The van der Waals surface area contributed by atoms with Crippen molar-refractivity contribution in [3.05, 3.63) is 103 Å². The van der Waals surface area contributed by atoms with Crippen molar-refractivity contribution in [1.29, 1.82) is 0 Å². The van der Waals surface area contributed by atoms with Crippen molar-refractivity contribution in [1.82, 2.24) is 9.55 Å². The number of thioether (sulfide) groups is 1. The lowest BCUT2D eigenvalue weighted by Crippen LogP contribution is -1.99. The van der Waals surface area contributed by atoms with E-state index in [4.69, 9.17) is 4.98 Å². The fraction of sp³-hybridized carbons (Fsp3) is 0.0800. The lowest BCUT2D eigenvalue weighted by molar-refractivity contribution is 0.902. The second-order valence-electron chi connectivity index (χ2n) is 6.74. The largest absolute Gasteiger partial charge is 0.287 e. The summed E-state index contributed by atoms with van der Waals surface area (Å²) in [6.45, 7) is 6.11. The number of benzene rings is 3. The SMILES string of the molecule is C=C(C)CSc1nc(-c2ccccc2)c(-c2ccccc2)n1-c1ccccc1. The van der Waals surface area contributed by atoms with Gasteiger partial charge in [-0.05, 0) is 19.1 Å². The Labute approximate surface area is 170 Å². The number of hydrogen-bond acceptors (Lipinski definition) is 2. The summed E-state index contributed by atoms with van der Waals surface area (Å²) in [6, 6.07) is 31.4. The van der Waals surface area contributed by atoms with E-state index in [0.717, 1.165) is 44.7 Å². The highest BCUT2D eigenvalue weighted by atomic mass is 32.2. The van der Waals surface area contributed by atoms with Crippen LogP contribution in [0.4, 0.5) is 0 Å². The van der Waals surface area contributed by atoms with Gasteiger partial charge in [0.25, 0.3) is 0 Å². The Balaban J connectivity index is 2.00. The van der Waals surface area contributed by atoms with Gasteiger partial charge in [-0.2, -0.15) is 0 Å². The van der Waals surface area contributed by atoms with Gasteiger partial charge in [0, 0.05) is 22.6 Å². The molecule has 0 spiro atoms. The predicted octanol–water partition coefficient (Wildman–Crippen LogP) is 6.87. The van der Waals surface area contributed by atoms with Gasteiger partial charge in [-0.1, -0.05) is 103 Å². The lowest BCUT2D eigenvalue weighted by atomic mass is 10.0. The van der Waals surface area contributed by atoms with Crippen molar-refractivity contribution in [2.24, 2.45) is 0 Å². The maximum Gasteiger partial charge on any atom is 0.174 e. The molecule has 0 saturated carbocycles. The smallest absolute Gasteiger partial charge is 0.174 e. The Morgan fingerprint density at radius 1 is 0.821 bits per heavy atom. The van der Waals surface area contributed by atoms with Crippen LogP contribution in [0.3, 0.4) is 0 Å². The number of hydrogen-bond donors (Lipinski definition) is 0. The number of nitrogens with zero attached hydrogens (tertiary/aromatic N) is 2. The van der Waals surface area contributed by atoms with E-state index in [1.165, 1.54) is 0 Å². The molecule has 0 saturated heterocycles. The van der Waals surface area contributed by atoms with Gasteiger partial charge in [-0.3, -0.25) is 4.57 Å². The van der Waals surface area contributed by atoms with Gasteiger partial charge >= 0.3 is 0 Å². The topological polar surface area (TPSA) is 17.8 Å². The first-order chi connectivity index (χ1) is 13.7. The minimum atomic E-state index is 0.840. The summed E-state index contributed by atoms with van der Waals surface area (Å²) in [6.07, 6.45) is 0. The first kappa shape index (κ1) is 18.3. The van der Waals surface area contributed by atoms with E-state index in [1.54, 1.807) is 11.8 Å². The molecule has 0 unspecified atom stereocenters. The third kappa shape index (κ3) is 3.80. The maximum absolute atomic E-state index is 5.09. The molecule has 0 aliphatic rings. The summed E-state index contributed by atoms with van der Waals surface area (Å²) < 4.78 is 2.27. The van der Waals surface area contributed by atoms with Crippen LogP contribution < -0.4 is 0 Å². The number of imidazole rings is 1. The summed E-state index contributed by atoms with van der Waals surface area (Å²) in [7, 11) is 0. The van der Waals surface area contributed by atoms with Crippen molar-refractivity contribution < 1.29 is 0 Å². The van der Waals surface area contributed by atoms with Crippen LogP contribution in [0.25, 0.3) is 28.2 Å². The van der Waals surface area contributed by atoms with Crippen LogP contribution in [-0.4, -0.2) is 15.3 Å². The molecule has 0 N–H and O–H groups in total. The summed E-state index contributed by atoms with van der Waals surface area (Å²) >= 11 is 1.73. The average Bonchev–Trinajstić information content (AvgIpc) is 3.14. The van der Waals surface area contributed by atoms with Gasteiger partial charge in [0.05, 0.1) is 11.4 Å². The minimum Gasteiger partial charge on any atom is -0.287 e. The van der Waals surface area contributed by atoms with Crippen molar-refractivity contribution in [2.45, 2.75) is 12.1 Å². The molecule has 2 nitrogen and oxygen atoms in total. The molecule has 28 heavy (non-hydrogen) atoms. The molecule has 4 rings (SSSR count). The van der Waals surface area contributed by atoms with E-state index in [9.17, 15) is 0 Å². The summed E-state index contributed by atoms with van der Waals surface area (Å²) in [5.41, 5.74) is 6.63. The molecule has 0 fully saturated rings. The van der Waals surface area contributed by atoms with Gasteiger partial charge in [0.15, 0.2) is 5.16 Å². The number of para-hydroxylation sites is 1. The molecule has 1 heterocycles. The average molecular weight is 383 g/mol. The molecule has 0 radical (unpaired) electrons. The lowest BCUT2D eigenvalue weighted by Gasteiger charge is -2.13. The Hall–Kier alpha value is -3.04. The van der Waals surface area contributed by atoms with Crippen molar-refractivity contribution in [3.8, 4) is 28.2 Å². The zero-order valence-corrected chi connectivity index (χ0v) is 16.7. The second-order valence-corrected chi connectivity index (χ2v) is 7.68. The van der Waals surface area contributed by atoms with E-state index in [2.05, 4.69) is 90.9 Å². The molecule has 0 aliphatic heterocycles. The van der Waals surface area contributed by atoms with Gasteiger partial charge in [0.1, 0.15) is 0 Å². The molecule has 3 aromatic carbocycles. The van der Waals surface area contributed by atoms with Crippen LogP contribution >= 0.6 is 11.8 Å². The van der Waals surface area contributed by atoms with Crippen molar-refractivity contribution in [3.63, 3.8) is 0 Å². The first-order valence-corrected chi connectivity index (χ1v) is 10.3. The molecular weight excluding hydrogens is 360 g/mol. The van der Waals surface area contributed by atoms with Gasteiger partial charge in [-0.15, -0.1) is 0 Å². The first-order valence-electron chi connectivity index (χ1n) is 9.30. The molecule has 4 aromatic rings. The van der Waals surface area contributed by atoms with Crippen LogP contribution in [0.15, 0.2) is 108 Å². The second kappa shape index (κ2) is 8.32. The quantitative estimate of drug-likeness (QED) is 0.267. The highest BCUT2D eigenvalue weighted by Gasteiger charge is 2.21. The van der Waals surface area contributed by atoms with E-state index in [-0.39, 0.29) is 0 Å². The summed E-state index contributed by atoms with van der Waals surface area (Å²) in [5.74, 6) is 0.840. The van der Waals surface area contributed by atoms with Crippen molar-refractivity contribution >= 4 is 11.8 Å². The zero-order valence-electron chi connectivity index (χ0n) is 15.9. The van der Waals surface area contributed by atoms with Crippen LogP contribution in [0.5, 0.6) is 0 Å². The Bertz CT molecular complexity index is 1070. The predicted molar refractivity (Wildman–Crippen MR) is 120 cm³/mol. The molecule has 1 aromatic heterocycles. The zero-order chi connectivity index (χ0) is 19.3. The molecule has 0 amide bonds. The third-order valence-corrected chi connectivity index (χ3v) is 5.57. The Morgan fingerprint density at radius 2 is 1.36 bits per heavy atom. The molecular formula is C25H22N2S. The maximum atomic E-state index is 5.09. The van der Waals surface area contributed by atoms with Crippen LogP contribution in [0.1, 0.15) is 6.92 Å². The van der Waals surface area contributed by atoms with Crippen molar-refractivity contribution in [2.75, 3.05) is 5.75 Å². The Kier molecular flexibility index (Phi) is 5.45. The van der Waals surface area contributed by atoms with Gasteiger partial charge < -0.3 is 0 Å². The van der Waals surface area contributed by atoms with E-state index in [1.807, 2.05) is 18.2 Å². The molecule has 0 aliphatic carbocycles. The standard InChI is InChI=1S/C25H22N2S/c1-19(2)18-28-25-26-23(20-12-6-3-7-13-20)24(21-14-8-4-9-15-21)27(25)22-16-10-5-11-17-22/h3-17H,1,18H2,2H3. The van der Waals surface area contributed by atoms with Gasteiger partial charge in [-0.25, -0.2) is 4.98 Å². The van der Waals surface area contributed by atoms with E-state index in [0.29, 0.717) is 0 Å². The van der Waals surface area contributed by atoms with Crippen LogP contribution in [-0.2, 0) is 0 Å². The fourth-order valence-electron chi connectivity index (χ4n) is 3.16. The highest BCUT2D eigenvalue weighted by Crippen LogP contribution is 2.38. The molecule has 0 bridgehead atoms. The summed E-state index contributed by atoms with van der Waals surface area (Å²) in [5, 5.41) is 0.979. The molecule has 0 atom stereocenters. The summed E-state index contributed by atoms with van der Waals surface area (Å²) in [4.78, 5) is 5.09. The molecule has 138 valence electrons. The monoisotopic (exact) mass is 382 g/mol. The minimum absolute atomic E-state index is 0.840. The van der Waals surface area contributed by atoms with Gasteiger partial charge in [0.2, 0.25) is 0 Å².